The second-order valence-corrected chi connectivity index (χ2v) is 6.24. The lowest BCUT2D eigenvalue weighted by molar-refractivity contribution is 0.239. The number of nitrogens with zero attached hydrogens (tertiary/aromatic N) is 2. The first kappa shape index (κ1) is 15.8. The summed E-state index contributed by atoms with van der Waals surface area (Å²) in [5.74, 6) is -0.845. The fourth-order valence-corrected chi connectivity index (χ4v) is 2.82. The molecule has 0 spiro atoms. The van der Waals surface area contributed by atoms with Gasteiger partial charge in [0.05, 0.1) is 5.69 Å². The molecule has 0 aliphatic carbocycles. The van der Waals surface area contributed by atoms with Crippen LogP contribution in [0.3, 0.4) is 0 Å². The average Bonchev–Trinajstić information content (AvgIpc) is 2.50. The number of nitrogens with one attached hydrogen (secondary N) is 1. The van der Waals surface area contributed by atoms with Crippen LogP contribution in [0.4, 0.5) is 8.78 Å². The first-order valence-electron chi connectivity index (χ1n) is 7.72. The number of aromatic amines is 1. The van der Waals surface area contributed by atoms with E-state index in [-0.39, 0.29) is 11.5 Å². The van der Waals surface area contributed by atoms with E-state index in [9.17, 15) is 13.6 Å². The van der Waals surface area contributed by atoms with Gasteiger partial charge in [-0.2, -0.15) is 0 Å². The van der Waals surface area contributed by atoms with Crippen LogP contribution in [0.15, 0.2) is 23.0 Å². The monoisotopic (exact) mass is 319 g/mol. The van der Waals surface area contributed by atoms with Gasteiger partial charge in [-0.05, 0) is 24.1 Å². The van der Waals surface area contributed by atoms with Gasteiger partial charge in [0.15, 0.2) is 11.6 Å². The number of H-pyrrole nitrogens is 1. The highest BCUT2D eigenvalue weighted by Crippen LogP contribution is 2.19. The van der Waals surface area contributed by atoms with Crippen molar-refractivity contribution < 1.29 is 8.78 Å². The van der Waals surface area contributed by atoms with E-state index in [4.69, 9.17) is 0 Å². The van der Waals surface area contributed by atoms with E-state index >= 15 is 0 Å². The molecule has 0 radical (unpaired) electrons. The summed E-state index contributed by atoms with van der Waals surface area (Å²) in [7, 11) is 0. The van der Waals surface area contributed by atoms with Gasteiger partial charge in [0.2, 0.25) is 0 Å². The Balaban J connectivity index is 1.81. The maximum Gasteiger partial charge on any atom is 0.254 e. The second kappa shape index (κ2) is 6.20. The van der Waals surface area contributed by atoms with Crippen LogP contribution in [0, 0.1) is 11.6 Å². The molecule has 0 atom stereocenters. The van der Waals surface area contributed by atoms with Crippen molar-refractivity contribution >= 4 is 0 Å². The minimum atomic E-state index is -0.840. The van der Waals surface area contributed by atoms with E-state index in [1.165, 1.54) is 6.07 Å². The molecule has 0 fully saturated rings. The second-order valence-electron chi connectivity index (χ2n) is 6.24. The zero-order valence-corrected chi connectivity index (χ0v) is 13.2. The first-order valence-corrected chi connectivity index (χ1v) is 7.72. The molecule has 122 valence electrons. The van der Waals surface area contributed by atoms with Crippen LogP contribution in [0.1, 0.15) is 42.4 Å². The minimum Gasteiger partial charge on any atom is -0.310 e. The SMILES string of the molecule is CC(C)c1nc2c(c(=O)[nH]1)CCN(Cc1ccc(F)c(F)c1)C2. The molecular weight excluding hydrogens is 300 g/mol. The number of rotatable bonds is 3. The van der Waals surface area contributed by atoms with Crippen molar-refractivity contribution in [2.75, 3.05) is 6.54 Å². The van der Waals surface area contributed by atoms with Crippen LogP contribution in [0.2, 0.25) is 0 Å². The van der Waals surface area contributed by atoms with Gasteiger partial charge in [0.1, 0.15) is 5.82 Å². The Labute approximate surface area is 133 Å². The molecule has 23 heavy (non-hydrogen) atoms. The van der Waals surface area contributed by atoms with E-state index in [1.54, 1.807) is 6.07 Å². The van der Waals surface area contributed by atoms with E-state index < -0.39 is 11.6 Å². The summed E-state index contributed by atoms with van der Waals surface area (Å²) in [5, 5.41) is 0. The summed E-state index contributed by atoms with van der Waals surface area (Å²) in [6.45, 7) is 5.69. The molecule has 0 saturated carbocycles. The summed E-state index contributed by atoms with van der Waals surface area (Å²) in [5.41, 5.74) is 2.16. The smallest absolute Gasteiger partial charge is 0.254 e. The summed E-state index contributed by atoms with van der Waals surface area (Å²) in [6.07, 6.45) is 0.611. The van der Waals surface area contributed by atoms with E-state index in [2.05, 4.69) is 14.9 Å². The Morgan fingerprint density at radius 3 is 2.78 bits per heavy atom. The highest BCUT2D eigenvalue weighted by Gasteiger charge is 2.22. The lowest BCUT2D eigenvalue weighted by atomic mass is 10.0. The van der Waals surface area contributed by atoms with Gasteiger partial charge in [-0.25, -0.2) is 13.8 Å². The molecule has 2 aromatic rings. The average molecular weight is 319 g/mol. The normalized spacial score (nSPS) is 15.0. The van der Waals surface area contributed by atoms with Crippen molar-refractivity contribution in [2.45, 2.75) is 39.3 Å². The standard InChI is InChI=1S/C17H19F2N3O/c1-10(2)16-20-15-9-22(6-5-12(15)17(23)21-16)8-11-3-4-13(18)14(19)7-11/h3-4,7,10H,5-6,8-9H2,1-2H3,(H,20,21,23). The van der Waals surface area contributed by atoms with Crippen molar-refractivity contribution in [3.8, 4) is 0 Å². The van der Waals surface area contributed by atoms with E-state index in [0.717, 1.165) is 17.3 Å². The Kier molecular flexibility index (Phi) is 4.26. The van der Waals surface area contributed by atoms with Gasteiger partial charge < -0.3 is 4.98 Å². The molecule has 0 bridgehead atoms. The third kappa shape index (κ3) is 3.32. The van der Waals surface area contributed by atoms with E-state index in [1.807, 2.05) is 13.8 Å². The Morgan fingerprint density at radius 2 is 2.09 bits per heavy atom. The molecule has 1 aliphatic rings. The molecule has 1 aromatic carbocycles. The Hall–Kier alpha value is -2.08. The number of hydrogen-bond donors (Lipinski definition) is 1. The summed E-state index contributed by atoms with van der Waals surface area (Å²) in [6, 6.07) is 3.94. The van der Waals surface area contributed by atoms with Crippen LogP contribution < -0.4 is 5.56 Å². The zero-order valence-electron chi connectivity index (χ0n) is 13.2. The van der Waals surface area contributed by atoms with Gasteiger partial charge in [0.25, 0.3) is 5.56 Å². The number of hydrogen-bond acceptors (Lipinski definition) is 3. The highest BCUT2D eigenvalue weighted by atomic mass is 19.2. The lowest BCUT2D eigenvalue weighted by Crippen LogP contribution is -2.35. The predicted molar refractivity (Wildman–Crippen MR) is 83.1 cm³/mol. The highest BCUT2D eigenvalue weighted by molar-refractivity contribution is 5.23. The van der Waals surface area contributed by atoms with Gasteiger partial charge in [0, 0.05) is 31.1 Å². The summed E-state index contributed by atoms with van der Waals surface area (Å²) in [4.78, 5) is 21.6. The lowest BCUT2D eigenvalue weighted by Gasteiger charge is -2.28. The molecule has 3 rings (SSSR count). The molecule has 0 unspecified atom stereocenters. The maximum absolute atomic E-state index is 13.3. The Bertz CT molecular complexity index is 786. The topological polar surface area (TPSA) is 49.0 Å². The van der Waals surface area contributed by atoms with Crippen molar-refractivity contribution in [3.05, 3.63) is 62.8 Å². The fraction of sp³-hybridized carbons (Fsp3) is 0.412. The number of halogens is 2. The summed E-state index contributed by atoms with van der Waals surface area (Å²) >= 11 is 0. The molecule has 1 N–H and O–H groups in total. The maximum atomic E-state index is 13.3. The van der Waals surface area contributed by atoms with Crippen molar-refractivity contribution in [2.24, 2.45) is 0 Å². The van der Waals surface area contributed by atoms with Crippen molar-refractivity contribution in [1.29, 1.82) is 0 Å². The largest absolute Gasteiger partial charge is 0.310 e. The Morgan fingerprint density at radius 1 is 1.30 bits per heavy atom. The molecule has 4 nitrogen and oxygen atoms in total. The fourth-order valence-electron chi connectivity index (χ4n) is 2.82. The quantitative estimate of drug-likeness (QED) is 0.946. The summed E-state index contributed by atoms with van der Waals surface area (Å²) < 4.78 is 26.3. The molecular formula is C17H19F2N3O. The third-order valence-corrected chi connectivity index (χ3v) is 4.11. The van der Waals surface area contributed by atoms with Crippen molar-refractivity contribution in [3.63, 3.8) is 0 Å². The molecule has 0 amide bonds. The van der Waals surface area contributed by atoms with Gasteiger partial charge in [-0.1, -0.05) is 19.9 Å². The number of fused-ring (bicyclic) bond motifs is 1. The number of aromatic nitrogens is 2. The number of benzene rings is 1. The predicted octanol–water partition coefficient (Wildman–Crippen LogP) is 2.73. The van der Waals surface area contributed by atoms with Crippen LogP contribution in [0.25, 0.3) is 0 Å². The molecule has 6 heteroatoms. The van der Waals surface area contributed by atoms with Crippen LogP contribution >= 0.6 is 0 Å². The molecule has 1 aromatic heterocycles. The van der Waals surface area contributed by atoms with Crippen LogP contribution in [-0.2, 0) is 19.5 Å². The minimum absolute atomic E-state index is 0.0637. The molecule has 0 saturated heterocycles. The molecule has 2 heterocycles. The van der Waals surface area contributed by atoms with Gasteiger partial charge in [-0.15, -0.1) is 0 Å². The zero-order chi connectivity index (χ0) is 16.6. The molecule has 1 aliphatic heterocycles. The first-order chi connectivity index (χ1) is 10.9. The van der Waals surface area contributed by atoms with Gasteiger partial charge >= 0.3 is 0 Å². The van der Waals surface area contributed by atoms with Crippen LogP contribution in [0.5, 0.6) is 0 Å². The third-order valence-electron chi connectivity index (χ3n) is 4.11. The van der Waals surface area contributed by atoms with Gasteiger partial charge in [-0.3, -0.25) is 9.69 Å². The van der Waals surface area contributed by atoms with Crippen LogP contribution in [-0.4, -0.2) is 21.4 Å². The van der Waals surface area contributed by atoms with Crippen molar-refractivity contribution in [1.82, 2.24) is 14.9 Å². The van der Waals surface area contributed by atoms with E-state index in [0.29, 0.717) is 37.4 Å².